The Kier molecular flexibility index (Phi) is 6.10. The molecule has 0 atom stereocenters. The highest BCUT2D eigenvalue weighted by Gasteiger charge is 2.30. The molecule has 12 heteroatoms. The molecule has 1 fully saturated rings. The summed E-state index contributed by atoms with van der Waals surface area (Å²) < 4.78 is 52.2. The van der Waals surface area contributed by atoms with E-state index in [1.165, 1.54) is 24.9 Å². The molecule has 5 rings (SSSR count). The van der Waals surface area contributed by atoms with Crippen LogP contribution in [0.25, 0.3) is 22.6 Å². The number of anilines is 3. The van der Waals surface area contributed by atoms with Crippen LogP contribution < -0.4 is 10.2 Å². The first-order valence-electron chi connectivity index (χ1n) is 11.0. The van der Waals surface area contributed by atoms with Gasteiger partial charge in [0.1, 0.15) is 29.4 Å². The van der Waals surface area contributed by atoms with Gasteiger partial charge in [0.2, 0.25) is 0 Å². The normalized spacial score (nSPS) is 14.3. The molecule has 1 aliphatic heterocycles. The summed E-state index contributed by atoms with van der Waals surface area (Å²) in [5, 5.41) is 11.5. The predicted octanol–water partition coefficient (Wildman–Crippen LogP) is 5.10. The molecule has 0 bridgehead atoms. The van der Waals surface area contributed by atoms with Crippen LogP contribution in [0, 0.1) is 0 Å². The molecule has 180 valence electrons. The maximum atomic E-state index is 13.9. The maximum Gasteiger partial charge on any atom is 0.417 e. The zero-order valence-corrected chi connectivity index (χ0v) is 18.4. The summed E-state index contributed by atoms with van der Waals surface area (Å²) in [6.07, 6.45) is 2.50. The van der Waals surface area contributed by atoms with Gasteiger partial charge in [-0.2, -0.15) is 13.2 Å². The molecule has 1 N–H and O–H groups in total. The molecule has 0 aromatic carbocycles. The van der Waals surface area contributed by atoms with Crippen molar-refractivity contribution in [1.82, 2.24) is 30.1 Å². The summed E-state index contributed by atoms with van der Waals surface area (Å²) in [6.45, 7) is 0.992. The third-order valence-electron chi connectivity index (χ3n) is 5.73. The van der Waals surface area contributed by atoms with E-state index in [-0.39, 0.29) is 17.2 Å². The highest BCUT2D eigenvalue weighted by molar-refractivity contribution is 5.87. The molecule has 0 aliphatic carbocycles. The largest absolute Gasteiger partial charge is 0.417 e. The van der Waals surface area contributed by atoms with Crippen LogP contribution in [0.15, 0.2) is 42.9 Å². The van der Waals surface area contributed by atoms with E-state index in [1.54, 1.807) is 12.1 Å². The van der Waals surface area contributed by atoms with E-state index < -0.39 is 18.4 Å². The fraction of sp³-hybridized carbons (Fsp3) is 0.304. The predicted molar refractivity (Wildman–Crippen MR) is 122 cm³/mol. The van der Waals surface area contributed by atoms with Crippen LogP contribution in [-0.4, -0.2) is 43.2 Å². The number of nitrogens with one attached hydrogen (secondary N) is 1. The number of hydrogen-bond acceptors (Lipinski definition) is 8. The first-order valence-corrected chi connectivity index (χ1v) is 11.0. The number of fused-ring (bicyclic) bond motifs is 1. The molecule has 8 nitrogen and oxygen atoms in total. The van der Waals surface area contributed by atoms with Gasteiger partial charge < -0.3 is 10.2 Å². The van der Waals surface area contributed by atoms with Crippen LogP contribution in [0.4, 0.5) is 34.9 Å². The van der Waals surface area contributed by atoms with E-state index in [4.69, 9.17) is 0 Å². The summed E-state index contributed by atoms with van der Waals surface area (Å²) in [6, 6.07) is 5.47. The van der Waals surface area contributed by atoms with E-state index in [0.717, 1.165) is 38.2 Å². The standard InChI is InChI=1S/C23H20F4N8/c24-11-14-10-19(35-8-2-1-3-9-35)33-34-20(14)17-13-30-21-16(6-7-28-22(21)32-17)31-18-5-4-15(12-29-18)23(25,26)27/h4-7,10,12-13H,1-3,8-9,11H2,(H,28,29,31,32). The summed E-state index contributed by atoms with van der Waals surface area (Å²) >= 11 is 0. The Bertz CT molecular complexity index is 1340. The van der Waals surface area contributed by atoms with Crippen molar-refractivity contribution < 1.29 is 17.6 Å². The molecule has 0 amide bonds. The van der Waals surface area contributed by atoms with Gasteiger partial charge in [0.15, 0.2) is 11.5 Å². The average Bonchev–Trinajstić information content (AvgIpc) is 2.88. The van der Waals surface area contributed by atoms with Crippen LogP contribution in [0.1, 0.15) is 30.4 Å². The third kappa shape index (κ3) is 4.81. The number of alkyl halides is 4. The molecular weight excluding hydrogens is 464 g/mol. The van der Waals surface area contributed by atoms with Crippen LogP contribution in [-0.2, 0) is 12.9 Å². The molecule has 35 heavy (non-hydrogen) atoms. The zero-order valence-electron chi connectivity index (χ0n) is 18.4. The van der Waals surface area contributed by atoms with Gasteiger partial charge in [-0.15, -0.1) is 10.2 Å². The Morgan fingerprint density at radius 3 is 2.49 bits per heavy atom. The number of halogens is 4. The fourth-order valence-corrected chi connectivity index (χ4v) is 3.92. The molecule has 0 spiro atoms. The zero-order chi connectivity index (χ0) is 24.4. The Labute approximate surface area is 197 Å². The number of aromatic nitrogens is 6. The van der Waals surface area contributed by atoms with Gasteiger partial charge >= 0.3 is 6.18 Å². The van der Waals surface area contributed by atoms with E-state index >= 15 is 0 Å². The Morgan fingerprint density at radius 1 is 0.943 bits per heavy atom. The molecule has 0 saturated carbocycles. The van der Waals surface area contributed by atoms with Crippen molar-refractivity contribution in [3.63, 3.8) is 0 Å². The van der Waals surface area contributed by atoms with Gasteiger partial charge in [-0.3, -0.25) is 0 Å². The molecular formula is C23H20F4N8. The monoisotopic (exact) mass is 484 g/mol. The number of hydrogen-bond donors (Lipinski definition) is 1. The summed E-state index contributed by atoms with van der Waals surface area (Å²) in [4.78, 5) is 19.0. The van der Waals surface area contributed by atoms with Crippen molar-refractivity contribution in [1.29, 1.82) is 0 Å². The molecule has 0 radical (unpaired) electrons. The molecule has 4 aromatic rings. The van der Waals surface area contributed by atoms with Crippen LogP contribution in [0.2, 0.25) is 0 Å². The second-order valence-electron chi connectivity index (χ2n) is 8.10. The average molecular weight is 484 g/mol. The van der Waals surface area contributed by atoms with E-state index in [2.05, 4.69) is 40.3 Å². The van der Waals surface area contributed by atoms with Crippen molar-refractivity contribution in [2.45, 2.75) is 32.1 Å². The molecule has 4 aromatic heterocycles. The van der Waals surface area contributed by atoms with Gasteiger partial charge in [0.05, 0.1) is 17.4 Å². The van der Waals surface area contributed by atoms with Crippen molar-refractivity contribution in [3.05, 3.63) is 54.0 Å². The number of rotatable bonds is 5. The van der Waals surface area contributed by atoms with E-state index in [1.807, 2.05) is 0 Å². The maximum absolute atomic E-state index is 13.9. The van der Waals surface area contributed by atoms with Gasteiger partial charge in [0.25, 0.3) is 0 Å². The topological polar surface area (TPSA) is 92.6 Å². The van der Waals surface area contributed by atoms with E-state index in [9.17, 15) is 17.6 Å². The van der Waals surface area contributed by atoms with Crippen molar-refractivity contribution in [3.8, 4) is 11.4 Å². The number of pyridine rings is 2. The number of nitrogens with zero attached hydrogens (tertiary/aromatic N) is 7. The Hall–Kier alpha value is -3.96. The Morgan fingerprint density at radius 2 is 1.77 bits per heavy atom. The lowest BCUT2D eigenvalue weighted by atomic mass is 10.1. The lowest BCUT2D eigenvalue weighted by Crippen LogP contribution is -2.30. The lowest BCUT2D eigenvalue weighted by Gasteiger charge is -2.27. The SMILES string of the molecule is FCc1cc(N2CCCCC2)nnc1-c1cnc2c(Nc3ccc(C(F)(F)F)cn3)ccnc2n1. The van der Waals surface area contributed by atoms with Gasteiger partial charge in [-0.05, 0) is 43.5 Å². The van der Waals surface area contributed by atoms with Crippen molar-refractivity contribution in [2.24, 2.45) is 0 Å². The molecule has 5 heterocycles. The minimum Gasteiger partial charge on any atom is -0.355 e. The van der Waals surface area contributed by atoms with Crippen LogP contribution in [0.5, 0.6) is 0 Å². The second kappa shape index (κ2) is 9.35. The second-order valence-corrected chi connectivity index (χ2v) is 8.10. The first-order chi connectivity index (χ1) is 16.9. The molecule has 1 aliphatic rings. The third-order valence-corrected chi connectivity index (χ3v) is 5.73. The summed E-state index contributed by atoms with van der Waals surface area (Å²) in [5.41, 5.74) is 1.20. The number of piperidine rings is 1. The van der Waals surface area contributed by atoms with Crippen molar-refractivity contribution >= 4 is 28.5 Å². The van der Waals surface area contributed by atoms with Crippen LogP contribution in [0.3, 0.4) is 0 Å². The first kappa shape index (κ1) is 22.8. The van der Waals surface area contributed by atoms with E-state index in [0.29, 0.717) is 28.3 Å². The summed E-state index contributed by atoms with van der Waals surface area (Å²) in [5.74, 6) is 0.846. The smallest absolute Gasteiger partial charge is 0.355 e. The van der Waals surface area contributed by atoms with Gasteiger partial charge in [0, 0.05) is 31.0 Å². The van der Waals surface area contributed by atoms with Crippen molar-refractivity contribution in [2.75, 3.05) is 23.3 Å². The van der Waals surface area contributed by atoms with Crippen LogP contribution >= 0.6 is 0 Å². The summed E-state index contributed by atoms with van der Waals surface area (Å²) in [7, 11) is 0. The minimum atomic E-state index is -4.47. The molecule has 1 saturated heterocycles. The Balaban J connectivity index is 1.43. The van der Waals surface area contributed by atoms with Gasteiger partial charge in [-0.25, -0.2) is 24.3 Å². The molecule has 0 unspecified atom stereocenters. The highest BCUT2D eigenvalue weighted by atomic mass is 19.4. The highest BCUT2D eigenvalue weighted by Crippen LogP contribution is 2.30. The minimum absolute atomic E-state index is 0.204. The fourth-order valence-electron chi connectivity index (χ4n) is 3.92. The quantitative estimate of drug-likeness (QED) is 0.391. The lowest BCUT2D eigenvalue weighted by molar-refractivity contribution is -0.137. The van der Waals surface area contributed by atoms with Gasteiger partial charge in [-0.1, -0.05) is 0 Å².